The standard InChI is InChI=1S/C22H28N2O.ClH/c1-15-6-4-8-18(12-15)21(19-9-5-7-16(2)13-19)24-22(25)20-10-11-23-17(3)14-20;/h4-9,12-13,17,20-21,23H,10-11,14H2,1-3H3,(H,24,25);1H/t17-,20-;/m0./s1. The van der Waals surface area contributed by atoms with Gasteiger partial charge >= 0.3 is 0 Å². The highest BCUT2D eigenvalue weighted by molar-refractivity contribution is 5.85. The molecular weight excluding hydrogens is 344 g/mol. The van der Waals surface area contributed by atoms with Crippen molar-refractivity contribution in [2.45, 2.75) is 45.7 Å². The molecule has 0 radical (unpaired) electrons. The third-order valence-corrected chi connectivity index (χ3v) is 5.03. The van der Waals surface area contributed by atoms with E-state index in [9.17, 15) is 4.79 Å². The predicted octanol–water partition coefficient (Wildman–Crippen LogP) is 4.32. The molecule has 1 amide bonds. The Labute approximate surface area is 163 Å². The van der Waals surface area contributed by atoms with E-state index >= 15 is 0 Å². The van der Waals surface area contributed by atoms with Crippen LogP contribution in [0.2, 0.25) is 0 Å². The fraction of sp³-hybridized carbons (Fsp3) is 0.409. The van der Waals surface area contributed by atoms with Crippen LogP contribution in [0.15, 0.2) is 48.5 Å². The highest BCUT2D eigenvalue weighted by Crippen LogP contribution is 2.25. The largest absolute Gasteiger partial charge is 0.345 e. The smallest absolute Gasteiger partial charge is 0.223 e. The van der Waals surface area contributed by atoms with E-state index in [4.69, 9.17) is 0 Å². The molecule has 2 aromatic rings. The second kappa shape index (κ2) is 9.20. The zero-order chi connectivity index (χ0) is 17.8. The maximum Gasteiger partial charge on any atom is 0.223 e. The van der Waals surface area contributed by atoms with Gasteiger partial charge in [-0.15, -0.1) is 12.4 Å². The summed E-state index contributed by atoms with van der Waals surface area (Å²) in [5, 5.41) is 6.75. The molecule has 0 saturated carbocycles. The van der Waals surface area contributed by atoms with Gasteiger partial charge in [-0.1, -0.05) is 59.7 Å². The summed E-state index contributed by atoms with van der Waals surface area (Å²) in [6, 6.07) is 17.1. The maximum absolute atomic E-state index is 12.9. The van der Waals surface area contributed by atoms with Crippen LogP contribution in [0, 0.1) is 19.8 Å². The summed E-state index contributed by atoms with van der Waals surface area (Å²) >= 11 is 0. The molecule has 0 aliphatic carbocycles. The summed E-state index contributed by atoms with van der Waals surface area (Å²) < 4.78 is 0. The van der Waals surface area contributed by atoms with Crippen molar-refractivity contribution in [3.8, 4) is 0 Å². The molecule has 2 atom stereocenters. The summed E-state index contributed by atoms with van der Waals surface area (Å²) in [6.45, 7) is 7.25. The summed E-state index contributed by atoms with van der Waals surface area (Å²) in [4.78, 5) is 12.9. The van der Waals surface area contributed by atoms with Crippen LogP contribution >= 0.6 is 12.4 Å². The van der Waals surface area contributed by atoms with Crippen molar-refractivity contribution in [3.05, 3.63) is 70.8 Å². The zero-order valence-corrected chi connectivity index (χ0v) is 16.6. The molecular formula is C22H29ClN2O. The first-order valence-electron chi connectivity index (χ1n) is 9.20. The van der Waals surface area contributed by atoms with Crippen LogP contribution in [-0.2, 0) is 4.79 Å². The lowest BCUT2D eigenvalue weighted by atomic mass is 9.90. The van der Waals surface area contributed by atoms with Gasteiger partial charge < -0.3 is 10.6 Å². The molecule has 26 heavy (non-hydrogen) atoms. The quantitative estimate of drug-likeness (QED) is 0.839. The van der Waals surface area contributed by atoms with Crippen LogP contribution in [0.3, 0.4) is 0 Å². The summed E-state index contributed by atoms with van der Waals surface area (Å²) in [5.41, 5.74) is 4.70. The van der Waals surface area contributed by atoms with Gasteiger partial charge in [0.25, 0.3) is 0 Å². The lowest BCUT2D eigenvalue weighted by Crippen LogP contribution is -2.43. The normalized spacial score (nSPS) is 19.7. The SMILES string of the molecule is Cc1cccc(C(NC(=O)[C@H]2CCN[C@@H](C)C2)c2cccc(C)c2)c1.Cl. The fourth-order valence-corrected chi connectivity index (χ4v) is 3.69. The van der Waals surface area contributed by atoms with Crippen LogP contribution < -0.4 is 10.6 Å². The molecule has 1 aliphatic rings. The van der Waals surface area contributed by atoms with Gasteiger partial charge in [0.1, 0.15) is 0 Å². The van der Waals surface area contributed by atoms with E-state index in [1.54, 1.807) is 0 Å². The summed E-state index contributed by atoms with van der Waals surface area (Å²) in [5.74, 6) is 0.259. The third kappa shape index (κ3) is 5.09. The topological polar surface area (TPSA) is 41.1 Å². The molecule has 140 valence electrons. The summed E-state index contributed by atoms with van der Waals surface area (Å²) in [7, 11) is 0. The Balaban J connectivity index is 0.00000243. The Hall–Kier alpha value is -1.84. The number of aryl methyl sites for hydroxylation is 2. The molecule has 0 unspecified atom stereocenters. The van der Waals surface area contributed by atoms with Gasteiger partial charge in [0.05, 0.1) is 6.04 Å². The third-order valence-electron chi connectivity index (χ3n) is 5.03. The number of amides is 1. The van der Waals surface area contributed by atoms with Crippen molar-refractivity contribution in [2.75, 3.05) is 6.54 Å². The summed E-state index contributed by atoms with van der Waals surface area (Å²) in [6.07, 6.45) is 1.81. The van der Waals surface area contributed by atoms with Crippen molar-refractivity contribution < 1.29 is 4.79 Å². The number of hydrogen-bond donors (Lipinski definition) is 2. The molecule has 4 heteroatoms. The van der Waals surface area contributed by atoms with Gasteiger partial charge in [-0.3, -0.25) is 4.79 Å². The van der Waals surface area contributed by atoms with Crippen LogP contribution in [0.4, 0.5) is 0 Å². The van der Waals surface area contributed by atoms with Gasteiger partial charge in [-0.05, 0) is 51.3 Å². The lowest BCUT2D eigenvalue weighted by molar-refractivity contribution is -0.126. The molecule has 3 rings (SSSR count). The Morgan fingerprint density at radius 3 is 2.15 bits per heavy atom. The number of halogens is 1. The maximum atomic E-state index is 12.9. The second-order valence-electron chi connectivity index (χ2n) is 7.35. The van der Waals surface area contributed by atoms with Crippen LogP contribution in [0.5, 0.6) is 0 Å². The first kappa shape index (κ1) is 20.5. The molecule has 1 heterocycles. The molecule has 0 bridgehead atoms. The van der Waals surface area contributed by atoms with Gasteiger partial charge in [0.15, 0.2) is 0 Å². The molecule has 0 spiro atoms. The minimum Gasteiger partial charge on any atom is -0.345 e. The van der Waals surface area contributed by atoms with Crippen molar-refractivity contribution in [1.29, 1.82) is 0 Å². The number of rotatable bonds is 4. The molecule has 1 saturated heterocycles. The minimum absolute atomic E-state index is 0. The number of benzene rings is 2. The van der Waals surface area contributed by atoms with Crippen LogP contribution in [0.25, 0.3) is 0 Å². The van der Waals surface area contributed by atoms with E-state index in [0.29, 0.717) is 6.04 Å². The van der Waals surface area contributed by atoms with Crippen molar-refractivity contribution >= 4 is 18.3 Å². The fourth-order valence-electron chi connectivity index (χ4n) is 3.69. The Kier molecular flexibility index (Phi) is 7.24. The van der Waals surface area contributed by atoms with E-state index in [1.165, 1.54) is 11.1 Å². The predicted molar refractivity (Wildman–Crippen MR) is 110 cm³/mol. The number of piperidine rings is 1. The van der Waals surface area contributed by atoms with Crippen LogP contribution in [-0.4, -0.2) is 18.5 Å². The Morgan fingerprint density at radius 2 is 1.65 bits per heavy atom. The monoisotopic (exact) mass is 372 g/mol. The number of nitrogens with one attached hydrogen (secondary N) is 2. The van der Waals surface area contributed by atoms with Gasteiger partial charge in [-0.2, -0.15) is 0 Å². The van der Waals surface area contributed by atoms with Gasteiger partial charge in [0.2, 0.25) is 5.91 Å². The number of carbonyl (C=O) groups excluding carboxylic acids is 1. The first-order valence-corrected chi connectivity index (χ1v) is 9.20. The first-order chi connectivity index (χ1) is 12.0. The minimum atomic E-state index is -0.0995. The highest BCUT2D eigenvalue weighted by atomic mass is 35.5. The van der Waals surface area contributed by atoms with E-state index in [-0.39, 0.29) is 30.3 Å². The lowest BCUT2D eigenvalue weighted by Gasteiger charge is -2.29. The zero-order valence-electron chi connectivity index (χ0n) is 15.8. The highest BCUT2D eigenvalue weighted by Gasteiger charge is 2.27. The van der Waals surface area contributed by atoms with Crippen molar-refractivity contribution in [1.82, 2.24) is 10.6 Å². The molecule has 2 N–H and O–H groups in total. The van der Waals surface area contributed by atoms with E-state index in [2.05, 4.69) is 79.9 Å². The van der Waals surface area contributed by atoms with E-state index in [1.807, 2.05) is 0 Å². The van der Waals surface area contributed by atoms with E-state index in [0.717, 1.165) is 30.5 Å². The molecule has 0 aromatic heterocycles. The molecule has 3 nitrogen and oxygen atoms in total. The Bertz CT molecular complexity index is 701. The van der Waals surface area contributed by atoms with Crippen LogP contribution in [0.1, 0.15) is 48.1 Å². The number of carbonyl (C=O) groups is 1. The molecule has 1 aliphatic heterocycles. The Morgan fingerprint density at radius 1 is 1.08 bits per heavy atom. The molecule has 2 aromatic carbocycles. The van der Waals surface area contributed by atoms with Gasteiger partial charge in [-0.25, -0.2) is 0 Å². The van der Waals surface area contributed by atoms with Crippen molar-refractivity contribution in [2.24, 2.45) is 5.92 Å². The van der Waals surface area contributed by atoms with Crippen molar-refractivity contribution in [3.63, 3.8) is 0 Å². The average Bonchev–Trinajstić information content (AvgIpc) is 2.59. The molecule has 1 fully saturated rings. The van der Waals surface area contributed by atoms with Gasteiger partial charge in [0, 0.05) is 12.0 Å². The second-order valence-corrected chi connectivity index (χ2v) is 7.35. The van der Waals surface area contributed by atoms with E-state index < -0.39 is 0 Å². The number of hydrogen-bond acceptors (Lipinski definition) is 2. The average molecular weight is 373 g/mol.